The lowest BCUT2D eigenvalue weighted by Crippen LogP contribution is -2.65. The van der Waals surface area contributed by atoms with Crippen LogP contribution in [-0.2, 0) is 27.4 Å². The lowest BCUT2D eigenvalue weighted by atomic mass is 9.67. The van der Waals surface area contributed by atoms with Gasteiger partial charge >= 0.3 is 0 Å². The van der Waals surface area contributed by atoms with Crippen molar-refractivity contribution >= 4 is 5.91 Å². The van der Waals surface area contributed by atoms with E-state index in [1.54, 1.807) is 0 Å². The highest BCUT2D eigenvalue weighted by molar-refractivity contribution is 5.81. The van der Waals surface area contributed by atoms with E-state index in [0.717, 1.165) is 11.1 Å². The zero-order chi connectivity index (χ0) is 20.7. The monoisotopic (exact) mass is 397 g/mol. The van der Waals surface area contributed by atoms with Gasteiger partial charge in [0.2, 0.25) is 5.91 Å². The van der Waals surface area contributed by atoms with Crippen molar-refractivity contribution in [2.45, 2.75) is 39.1 Å². The standard InChI is InChI=1S/C24H31NO4/c1-3-28-24(29-4-2)21(18-26)15-22(24)23(27)25(16-19-11-7-5-8-12-19)17-20-13-9-6-10-14-20/h5-14,21-22,26H,3-4,15-18H2,1-2H3/t21-,22+/m1/s1. The summed E-state index contributed by atoms with van der Waals surface area (Å²) >= 11 is 0. The third-order valence-corrected chi connectivity index (χ3v) is 5.58. The summed E-state index contributed by atoms with van der Waals surface area (Å²) in [6.45, 7) is 5.62. The van der Waals surface area contributed by atoms with Crippen molar-refractivity contribution in [3.63, 3.8) is 0 Å². The Kier molecular flexibility index (Phi) is 7.42. The molecule has 1 aliphatic carbocycles. The second kappa shape index (κ2) is 10.0. The Morgan fingerprint density at radius 3 is 1.86 bits per heavy atom. The van der Waals surface area contributed by atoms with Gasteiger partial charge < -0.3 is 19.5 Å². The highest BCUT2D eigenvalue weighted by Gasteiger charge is 2.61. The van der Waals surface area contributed by atoms with E-state index < -0.39 is 11.7 Å². The first-order valence-corrected chi connectivity index (χ1v) is 10.4. The number of benzene rings is 2. The van der Waals surface area contributed by atoms with Gasteiger partial charge in [-0.3, -0.25) is 4.79 Å². The zero-order valence-electron chi connectivity index (χ0n) is 17.3. The van der Waals surface area contributed by atoms with Crippen LogP contribution < -0.4 is 0 Å². The van der Waals surface area contributed by atoms with Crippen molar-refractivity contribution in [1.29, 1.82) is 0 Å². The fourth-order valence-corrected chi connectivity index (χ4v) is 4.18. The van der Waals surface area contributed by atoms with Gasteiger partial charge in [-0.1, -0.05) is 60.7 Å². The van der Waals surface area contributed by atoms with Gasteiger partial charge in [0.25, 0.3) is 0 Å². The van der Waals surface area contributed by atoms with Gasteiger partial charge in [0.1, 0.15) is 0 Å². The van der Waals surface area contributed by atoms with E-state index in [-0.39, 0.29) is 18.4 Å². The van der Waals surface area contributed by atoms with Crippen LogP contribution in [0.5, 0.6) is 0 Å². The highest BCUT2D eigenvalue weighted by atomic mass is 16.7. The van der Waals surface area contributed by atoms with Crippen LogP contribution in [0.4, 0.5) is 0 Å². The third-order valence-electron chi connectivity index (χ3n) is 5.58. The van der Waals surface area contributed by atoms with Crippen molar-refractivity contribution in [1.82, 2.24) is 4.90 Å². The lowest BCUT2D eigenvalue weighted by molar-refractivity contribution is -0.339. The SMILES string of the molecule is CCOC1(OCC)[C@@H](CO)C[C@H]1C(=O)N(Cc1ccccc1)Cc1ccccc1. The van der Waals surface area contributed by atoms with E-state index >= 15 is 0 Å². The van der Waals surface area contributed by atoms with Gasteiger partial charge in [-0.2, -0.15) is 0 Å². The molecule has 1 amide bonds. The molecular formula is C24H31NO4. The first-order chi connectivity index (χ1) is 14.1. The predicted octanol–water partition coefficient (Wildman–Crippen LogP) is 3.61. The van der Waals surface area contributed by atoms with Gasteiger partial charge in [0.15, 0.2) is 5.79 Å². The van der Waals surface area contributed by atoms with Gasteiger partial charge in [-0.05, 0) is 31.4 Å². The van der Waals surface area contributed by atoms with Crippen molar-refractivity contribution < 1.29 is 19.4 Å². The molecule has 1 aliphatic rings. The van der Waals surface area contributed by atoms with Crippen molar-refractivity contribution in [3.05, 3.63) is 71.8 Å². The van der Waals surface area contributed by atoms with Crippen LogP contribution in [0.1, 0.15) is 31.4 Å². The van der Waals surface area contributed by atoms with Crippen molar-refractivity contribution in [3.8, 4) is 0 Å². The maximum Gasteiger partial charge on any atom is 0.231 e. The Bertz CT molecular complexity index is 717. The Morgan fingerprint density at radius 2 is 1.45 bits per heavy atom. The Balaban J connectivity index is 1.86. The molecule has 0 heterocycles. The molecule has 5 nitrogen and oxygen atoms in total. The molecule has 0 saturated heterocycles. The zero-order valence-corrected chi connectivity index (χ0v) is 17.3. The van der Waals surface area contributed by atoms with E-state index in [1.807, 2.05) is 79.4 Å². The number of hydrogen-bond donors (Lipinski definition) is 1. The third kappa shape index (κ3) is 4.69. The number of aliphatic hydroxyl groups excluding tert-OH is 1. The molecule has 2 aromatic carbocycles. The number of carbonyl (C=O) groups is 1. The number of hydrogen-bond acceptors (Lipinski definition) is 4. The second-order valence-corrected chi connectivity index (χ2v) is 7.42. The second-order valence-electron chi connectivity index (χ2n) is 7.42. The van der Waals surface area contributed by atoms with Crippen molar-refractivity contribution in [2.75, 3.05) is 19.8 Å². The average Bonchev–Trinajstić information content (AvgIpc) is 2.74. The minimum atomic E-state index is -1.04. The number of nitrogens with zero attached hydrogens (tertiary/aromatic N) is 1. The van der Waals surface area contributed by atoms with Crippen LogP contribution >= 0.6 is 0 Å². The fraction of sp³-hybridized carbons (Fsp3) is 0.458. The van der Waals surface area contributed by atoms with Crippen LogP contribution in [0.2, 0.25) is 0 Å². The largest absolute Gasteiger partial charge is 0.396 e. The molecule has 1 fully saturated rings. The molecule has 0 aliphatic heterocycles. The highest BCUT2D eigenvalue weighted by Crippen LogP contribution is 2.49. The number of ether oxygens (including phenoxy) is 2. The smallest absolute Gasteiger partial charge is 0.231 e. The Morgan fingerprint density at radius 1 is 0.966 bits per heavy atom. The molecule has 0 aromatic heterocycles. The number of carbonyl (C=O) groups excluding carboxylic acids is 1. The van der Waals surface area contributed by atoms with E-state index in [9.17, 15) is 9.90 Å². The predicted molar refractivity (Wildman–Crippen MR) is 112 cm³/mol. The first-order valence-electron chi connectivity index (χ1n) is 10.4. The summed E-state index contributed by atoms with van der Waals surface area (Å²) in [6.07, 6.45) is 0.565. The van der Waals surface area contributed by atoms with E-state index in [2.05, 4.69) is 0 Å². The summed E-state index contributed by atoms with van der Waals surface area (Å²) in [6, 6.07) is 20.0. The lowest BCUT2D eigenvalue weighted by Gasteiger charge is -2.53. The molecule has 1 N–H and O–H groups in total. The maximum absolute atomic E-state index is 13.6. The summed E-state index contributed by atoms with van der Waals surface area (Å²) in [5, 5.41) is 9.80. The minimum Gasteiger partial charge on any atom is -0.396 e. The van der Waals surface area contributed by atoms with Crippen LogP contribution in [0, 0.1) is 11.8 Å². The van der Waals surface area contributed by atoms with Gasteiger partial charge in [-0.25, -0.2) is 0 Å². The molecule has 5 heteroatoms. The summed E-state index contributed by atoms with van der Waals surface area (Å²) in [4.78, 5) is 15.5. The minimum absolute atomic E-state index is 0.00399. The number of amides is 1. The van der Waals surface area contributed by atoms with Gasteiger partial charge in [-0.15, -0.1) is 0 Å². The topological polar surface area (TPSA) is 59.0 Å². The Hall–Kier alpha value is -2.21. The van der Waals surface area contributed by atoms with E-state index in [0.29, 0.717) is 32.7 Å². The van der Waals surface area contributed by atoms with Crippen LogP contribution in [-0.4, -0.2) is 41.5 Å². The first kappa shape index (κ1) is 21.5. The Labute approximate surface area is 173 Å². The van der Waals surface area contributed by atoms with E-state index in [4.69, 9.17) is 9.47 Å². The molecule has 2 aromatic rings. The average molecular weight is 398 g/mol. The summed E-state index contributed by atoms with van der Waals surface area (Å²) in [7, 11) is 0. The molecule has 1 saturated carbocycles. The van der Waals surface area contributed by atoms with Crippen LogP contribution in [0.25, 0.3) is 0 Å². The molecule has 0 spiro atoms. The van der Waals surface area contributed by atoms with Crippen molar-refractivity contribution in [2.24, 2.45) is 11.8 Å². The molecule has 0 unspecified atom stereocenters. The normalized spacial score (nSPS) is 20.1. The number of rotatable bonds is 10. The molecular weight excluding hydrogens is 366 g/mol. The summed E-state index contributed by atoms with van der Waals surface area (Å²) < 4.78 is 11.9. The molecule has 29 heavy (non-hydrogen) atoms. The van der Waals surface area contributed by atoms with Crippen LogP contribution in [0.15, 0.2) is 60.7 Å². The quantitative estimate of drug-likeness (QED) is 0.622. The summed E-state index contributed by atoms with van der Waals surface area (Å²) in [5.74, 6) is -1.65. The molecule has 0 bridgehead atoms. The number of aliphatic hydroxyl groups is 1. The summed E-state index contributed by atoms with van der Waals surface area (Å²) in [5.41, 5.74) is 2.15. The molecule has 3 rings (SSSR count). The molecule has 156 valence electrons. The fourth-order valence-electron chi connectivity index (χ4n) is 4.18. The van der Waals surface area contributed by atoms with E-state index in [1.165, 1.54) is 0 Å². The van der Waals surface area contributed by atoms with Gasteiger partial charge in [0.05, 0.1) is 12.5 Å². The molecule has 0 radical (unpaired) electrons. The van der Waals surface area contributed by atoms with Crippen LogP contribution in [0.3, 0.4) is 0 Å². The maximum atomic E-state index is 13.6. The van der Waals surface area contributed by atoms with Gasteiger partial charge in [0, 0.05) is 32.2 Å². The molecule has 2 atom stereocenters.